The van der Waals surface area contributed by atoms with Gasteiger partial charge in [0.25, 0.3) is 5.69 Å². The molecule has 8 heteroatoms. The number of hydrogen-bond donors (Lipinski definition) is 1. The second-order valence-corrected chi connectivity index (χ2v) is 5.99. The number of hydrogen-bond acceptors (Lipinski definition) is 3. The van der Waals surface area contributed by atoms with Gasteiger partial charge in [-0.1, -0.05) is 16.7 Å². The topological polar surface area (TPSA) is 55.1 Å². The van der Waals surface area contributed by atoms with Crippen LogP contribution in [0.4, 0.5) is 13.2 Å². The van der Waals surface area contributed by atoms with Crippen LogP contribution in [0.15, 0.2) is 16.8 Å². The lowest BCUT2D eigenvalue weighted by molar-refractivity contribution is -0.704. The van der Waals surface area contributed by atoms with Crippen LogP contribution in [0.5, 0.6) is 0 Å². The summed E-state index contributed by atoms with van der Waals surface area (Å²) in [6.45, 7) is 4.30. The van der Waals surface area contributed by atoms with Crippen LogP contribution in [0, 0.1) is 28.3 Å². The van der Waals surface area contributed by atoms with E-state index >= 15 is 0 Å². The third-order valence-corrected chi connectivity index (χ3v) is 4.24. The number of nitrogens with one attached hydrogen (secondary N) is 1. The highest BCUT2D eigenvalue weighted by Gasteiger charge is 2.27. The van der Waals surface area contributed by atoms with Crippen LogP contribution in [-0.4, -0.2) is 23.1 Å². The zero-order chi connectivity index (χ0) is 16.6. The van der Waals surface area contributed by atoms with Crippen LogP contribution >= 0.6 is 0 Å². The Morgan fingerprint density at radius 1 is 1.26 bits per heavy atom. The predicted molar refractivity (Wildman–Crippen MR) is 75.4 cm³/mol. The summed E-state index contributed by atoms with van der Waals surface area (Å²) in [5, 5.41) is 2.48. The van der Waals surface area contributed by atoms with Crippen LogP contribution in [0.3, 0.4) is 0 Å². The first-order chi connectivity index (χ1) is 11.0. The van der Waals surface area contributed by atoms with E-state index in [1.54, 1.807) is 0 Å². The molecule has 23 heavy (non-hydrogen) atoms. The molecular weight excluding hydrogens is 311 g/mol. The number of aromatic amines is 1. The molecule has 0 spiro atoms. The molecule has 1 aromatic carbocycles. The standard InChI is InChI=1S/C15H17F3N3O2/c1-9-2-4-20(5-3-9)8-13-15(21(22)23-19-13)10-6-11(16)14(18)12(17)7-10/h6-7,9,19H,2-5,8H2,1H3/q+1. The molecule has 0 atom stereocenters. The van der Waals surface area contributed by atoms with E-state index < -0.39 is 17.5 Å². The Hall–Kier alpha value is -2.09. The average molecular weight is 328 g/mol. The maximum absolute atomic E-state index is 13.4. The van der Waals surface area contributed by atoms with Crippen LogP contribution < -0.4 is 4.60 Å². The minimum Gasteiger partial charge on any atom is -0.295 e. The van der Waals surface area contributed by atoms with Crippen LogP contribution in [-0.2, 0) is 6.54 Å². The summed E-state index contributed by atoms with van der Waals surface area (Å²) in [7, 11) is 0. The predicted octanol–water partition coefficient (Wildman–Crippen LogP) is 2.84. The highest BCUT2D eigenvalue weighted by molar-refractivity contribution is 5.58. The molecule has 1 saturated heterocycles. The molecule has 2 aromatic rings. The smallest absolute Gasteiger partial charge is 0.276 e. The van der Waals surface area contributed by atoms with E-state index in [1.807, 2.05) is 0 Å². The minimum atomic E-state index is -1.56. The van der Waals surface area contributed by atoms with Gasteiger partial charge in [-0.05, 0) is 48.9 Å². The van der Waals surface area contributed by atoms with Gasteiger partial charge in [0.1, 0.15) is 0 Å². The van der Waals surface area contributed by atoms with E-state index in [9.17, 15) is 18.1 Å². The van der Waals surface area contributed by atoms with E-state index in [-0.39, 0.29) is 15.9 Å². The van der Waals surface area contributed by atoms with Crippen molar-refractivity contribution in [2.24, 2.45) is 5.92 Å². The van der Waals surface area contributed by atoms with Gasteiger partial charge in [-0.15, -0.1) is 0 Å². The lowest BCUT2D eigenvalue weighted by atomic mass is 9.99. The van der Waals surface area contributed by atoms with Crippen LogP contribution in [0.2, 0.25) is 0 Å². The summed E-state index contributed by atoms with van der Waals surface area (Å²) in [6.07, 6.45) is 2.09. The number of benzene rings is 1. The second-order valence-electron chi connectivity index (χ2n) is 5.99. The number of rotatable bonds is 3. The summed E-state index contributed by atoms with van der Waals surface area (Å²) < 4.78 is 44.8. The Morgan fingerprint density at radius 2 is 1.87 bits per heavy atom. The fourth-order valence-electron chi connectivity index (χ4n) is 2.82. The largest absolute Gasteiger partial charge is 0.295 e. The monoisotopic (exact) mass is 328 g/mol. The zero-order valence-corrected chi connectivity index (χ0v) is 12.6. The molecule has 1 fully saturated rings. The Balaban J connectivity index is 1.92. The third kappa shape index (κ3) is 3.17. The molecule has 5 nitrogen and oxygen atoms in total. The van der Waals surface area contributed by atoms with Crippen molar-refractivity contribution in [3.63, 3.8) is 0 Å². The maximum Gasteiger partial charge on any atom is 0.276 e. The molecule has 0 unspecified atom stereocenters. The quantitative estimate of drug-likeness (QED) is 0.882. The first-order valence-corrected chi connectivity index (χ1v) is 7.46. The number of halogens is 3. The molecular formula is C15H17F3N3O2+. The molecule has 0 saturated carbocycles. The molecule has 0 amide bonds. The van der Waals surface area contributed by atoms with E-state index in [4.69, 9.17) is 4.63 Å². The number of likely N-dealkylation sites (tertiary alicyclic amines) is 1. The third-order valence-electron chi connectivity index (χ3n) is 4.24. The van der Waals surface area contributed by atoms with E-state index in [2.05, 4.69) is 17.0 Å². The van der Waals surface area contributed by atoms with Crippen molar-refractivity contribution in [3.8, 4) is 11.3 Å². The van der Waals surface area contributed by atoms with Crippen molar-refractivity contribution in [2.75, 3.05) is 13.1 Å². The molecule has 3 rings (SSSR count). The van der Waals surface area contributed by atoms with Gasteiger partial charge in [0.05, 0.1) is 6.54 Å². The highest BCUT2D eigenvalue weighted by atomic mass is 19.2. The average Bonchev–Trinajstić information content (AvgIpc) is 2.87. The van der Waals surface area contributed by atoms with Gasteiger partial charge in [-0.3, -0.25) is 4.90 Å². The van der Waals surface area contributed by atoms with Gasteiger partial charge in [0, 0.05) is 5.56 Å². The van der Waals surface area contributed by atoms with Crippen molar-refractivity contribution >= 4 is 0 Å². The number of piperidine rings is 1. The van der Waals surface area contributed by atoms with E-state index in [0.29, 0.717) is 18.2 Å². The lowest BCUT2D eigenvalue weighted by Gasteiger charge is -2.28. The molecule has 1 aliphatic heterocycles. The Morgan fingerprint density at radius 3 is 2.48 bits per heavy atom. The fraction of sp³-hybridized carbons (Fsp3) is 0.467. The van der Waals surface area contributed by atoms with Crippen molar-refractivity contribution in [1.82, 2.24) is 10.1 Å². The van der Waals surface area contributed by atoms with Gasteiger partial charge < -0.3 is 0 Å². The molecule has 124 valence electrons. The normalized spacial score (nSPS) is 16.9. The SMILES string of the molecule is CC1CCN(Cc2[nH]o[n+](=O)c2-c2cc(F)c(F)c(F)c2)CC1. The van der Waals surface area contributed by atoms with E-state index in [0.717, 1.165) is 38.1 Å². The lowest BCUT2D eigenvalue weighted by Crippen LogP contribution is -2.32. The highest BCUT2D eigenvalue weighted by Crippen LogP contribution is 2.25. The molecule has 0 aliphatic carbocycles. The molecule has 1 N–H and O–H groups in total. The van der Waals surface area contributed by atoms with Crippen molar-refractivity contribution in [1.29, 1.82) is 0 Å². The molecule has 0 bridgehead atoms. The Kier molecular flexibility index (Phi) is 4.25. The first-order valence-electron chi connectivity index (χ1n) is 7.46. The number of H-pyrrole nitrogens is 1. The number of nitrogens with zero attached hydrogens (tertiary/aromatic N) is 2. The Labute approximate surface area is 130 Å². The van der Waals surface area contributed by atoms with Crippen LogP contribution in [0.25, 0.3) is 11.3 Å². The molecule has 1 aromatic heterocycles. The Bertz CT molecular complexity index is 741. The van der Waals surface area contributed by atoms with Crippen molar-refractivity contribution in [3.05, 3.63) is 40.2 Å². The summed E-state index contributed by atoms with van der Waals surface area (Å²) in [5.74, 6) is -3.60. The summed E-state index contributed by atoms with van der Waals surface area (Å²) in [5.41, 5.74) is 0.295. The van der Waals surface area contributed by atoms with E-state index in [1.165, 1.54) is 0 Å². The van der Waals surface area contributed by atoms with Gasteiger partial charge in [0.2, 0.25) is 5.69 Å². The second kappa shape index (κ2) is 6.19. The zero-order valence-electron chi connectivity index (χ0n) is 12.6. The summed E-state index contributed by atoms with van der Waals surface area (Å²) in [4.78, 5) is 13.9. The number of aromatic nitrogens is 2. The van der Waals surface area contributed by atoms with Crippen LogP contribution in [0.1, 0.15) is 25.5 Å². The molecule has 2 heterocycles. The van der Waals surface area contributed by atoms with Crippen molar-refractivity contribution in [2.45, 2.75) is 26.3 Å². The van der Waals surface area contributed by atoms with Gasteiger partial charge in [0.15, 0.2) is 22.1 Å². The molecule has 0 radical (unpaired) electrons. The summed E-state index contributed by atoms with van der Waals surface area (Å²) in [6, 6.07) is 1.57. The van der Waals surface area contributed by atoms with Gasteiger partial charge in [-0.25, -0.2) is 13.2 Å². The van der Waals surface area contributed by atoms with Gasteiger partial charge >= 0.3 is 0 Å². The fourth-order valence-corrected chi connectivity index (χ4v) is 2.82. The minimum absolute atomic E-state index is 0.0404. The first kappa shape index (κ1) is 15.8. The van der Waals surface area contributed by atoms with Gasteiger partial charge in [-0.2, -0.15) is 0 Å². The maximum atomic E-state index is 13.4. The molecule has 1 aliphatic rings. The summed E-state index contributed by atoms with van der Waals surface area (Å²) >= 11 is 0. The van der Waals surface area contributed by atoms with Crippen molar-refractivity contribution < 1.29 is 22.4 Å².